The van der Waals surface area contributed by atoms with E-state index in [4.69, 9.17) is 0 Å². The third kappa shape index (κ3) is 1.05. The Balaban J connectivity index is 3.02. The lowest BCUT2D eigenvalue weighted by atomic mass is 10.4. The number of fused-ring (bicyclic) bond motifs is 1. The van der Waals surface area contributed by atoms with Crippen LogP contribution in [0.2, 0.25) is 0 Å². The lowest BCUT2D eigenvalue weighted by Gasteiger charge is -1.88. The van der Waals surface area contributed by atoms with Crippen molar-refractivity contribution in [1.29, 1.82) is 0 Å². The van der Waals surface area contributed by atoms with Gasteiger partial charge in [0, 0.05) is 6.20 Å². The third-order valence-electron chi connectivity index (χ3n) is 1.40. The van der Waals surface area contributed by atoms with Crippen LogP contribution in [0, 0.1) is 3.83 Å². The molecule has 0 fully saturated rings. The summed E-state index contributed by atoms with van der Waals surface area (Å²) in [4.78, 5) is 20.7. The Bertz CT molecular complexity index is 444. The molecule has 0 saturated heterocycles. The average molecular weight is 261 g/mol. The van der Waals surface area contributed by atoms with Gasteiger partial charge in [0.25, 0.3) is 5.56 Å². The molecule has 0 saturated carbocycles. The molecule has 2 aromatic heterocycles. The smallest absolute Gasteiger partial charge is 0.260 e. The predicted octanol–water partition coefficient (Wildman–Crippen LogP) is 0.856. The molecular formula is C6H4IN3O. The van der Waals surface area contributed by atoms with Gasteiger partial charge in [-0.1, -0.05) is 0 Å². The summed E-state index contributed by atoms with van der Waals surface area (Å²) in [7, 11) is 0. The van der Waals surface area contributed by atoms with Crippen molar-refractivity contribution in [2.75, 3.05) is 0 Å². The monoisotopic (exact) mass is 261 g/mol. The summed E-state index contributed by atoms with van der Waals surface area (Å²) < 4.78 is 0.600. The normalized spacial score (nSPS) is 10.6. The summed E-state index contributed by atoms with van der Waals surface area (Å²) in [6.45, 7) is 0. The van der Waals surface area contributed by atoms with E-state index in [1.165, 1.54) is 0 Å². The van der Waals surface area contributed by atoms with E-state index in [1.807, 2.05) is 22.6 Å². The fourth-order valence-corrected chi connectivity index (χ4v) is 1.41. The molecule has 2 rings (SSSR count). The molecule has 2 heterocycles. The quantitative estimate of drug-likeness (QED) is 0.545. The summed E-state index contributed by atoms with van der Waals surface area (Å²) in [5.41, 5.74) is 0.541. The van der Waals surface area contributed by atoms with Crippen LogP contribution in [-0.4, -0.2) is 15.0 Å². The van der Waals surface area contributed by atoms with Crippen molar-refractivity contribution < 1.29 is 0 Å². The topological polar surface area (TPSA) is 61.5 Å². The minimum Gasteiger partial charge on any atom is -0.346 e. The van der Waals surface area contributed by atoms with Crippen LogP contribution in [0.3, 0.4) is 0 Å². The van der Waals surface area contributed by atoms with Gasteiger partial charge in [-0.05, 0) is 28.7 Å². The molecule has 0 aliphatic carbocycles. The van der Waals surface area contributed by atoms with Crippen molar-refractivity contribution in [3.8, 4) is 0 Å². The zero-order valence-electron chi connectivity index (χ0n) is 5.39. The minimum atomic E-state index is -0.0966. The maximum absolute atomic E-state index is 11.1. The Labute approximate surface area is 75.2 Å². The second kappa shape index (κ2) is 2.33. The second-order valence-corrected chi connectivity index (χ2v) is 3.12. The molecule has 5 heteroatoms. The molecule has 11 heavy (non-hydrogen) atoms. The number of nitrogens with zero attached hydrogens (tertiary/aromatic N) is 1. The standard InChI is InChI=1S/C6H4IN3O/c7-6-9-4-3(1-2-8-4)5(11)10-6/h1-2H,(H2,8,9,10,11). The van der Waals surface area contributed by atoms with Crippen LogP contribution in [0.15, 0.2) is 17.1 Å². The lowest BCUT2D eigenvalue weighted by molar-refractivity contribution is 1.10. The van der Waals surface area contributed by atoms with Gasteiger partial charge in [0.05, 0.1) is 5.39 Å². The zero-order chi connectivity index (χ0) is 7.84. The van der Waals surface area contributed by atoms with Crippen LogP contribution >= 0.6 is 22.6 Å². The van der Waals surface area contributed by atoms with Gasteiger partial charge in [0.15, 0.2) is 3.83 Å². The van der Waals surface area contributed by atoms with E-state index in [1.54, 1.807) is 12.3 Å². The van der Waals surface area contributed by atoms with Gasteiger partial charge in [0.1, 0.15) is 5.65 Å². The highest BCUT2D eigenvalue weighted by Crippen LogP contribution is 2.03. The molecule has 0 amide bonds. The molecule has 0 bridgehead atoms. The second-order valence-electron chi connectivity index (χ2n) is 2.10. The third-order valence-corrected chi connectivity index (χ3v) is 1.91. The molecule has 2 aromatic rings. The van der Waals surface area contributed by atoms with Gasteiger partial charge in [-0.3, -0.25) is 4.79 Å². The number of rotatable bonds is 0. The Morgan fingerprint density at radius 3 is 3.18 bits per heavy atom. The van der Waals surface area contributed by atoms with Crippen LogP contribution in [0.4, 0.5) is 0 Å². The molecular weight excluding hydrogens is 257 g/mol. The van der Waals surface area contributed by atoms with Crippen LogP contribution in [0.5, 0.6) is 0 Å². The van der Waals surface area contributed by atoms with Crippen molar-refractivity contribution in [2.24, 2.45) is 0 Å². The first-order chi connectivity index (χ1) is 5.27. The molecule has 0 aromatic carbocycles. The summed E-state index contributed by atoms with van der Waals surface area (Å²) in [6, 6.07) is 1.71. The van der Waals surface area contributed by atoms with Crippen molar-refractivity contribution >= 4 is 33.6 Å². The number of aromatic amines is 2. The van der Waals surface area contributed by atoms with E-state index < -0.39 is 0 Å². The van der Waals surface area contributed by atoms with Gasteiger partial charge in [-0.25, -0.2) is 4.98 Å². The predicted molar refractivity (Wildman–Crippen MR) is 49.4 cm³/mol. The van der Waals surface area contributed by atoms with Crippen molar-refractivity contribution in [3.05, 3.63) is 26.4 Å². The number of nitrogens with one attached hydrogen (secondary N) is 2. The van der Waals surface area contributed by atoms with Crippen molar-refractivity contribution in [2.45, 2.75) is 0 Å². The molecule has 2 N–H and O–H groups in total. The van der Waals surface area contributed by atoms with Crippen molar-refractivity contribution in [3.63, 3.8) is 0 Å². The summed E-state index contributed by atoms with van der Waals surface area (Å²) in [5, 5.41) is 0.602. The van der Waals surface area contributed by atoms with Crippen LogP contribution in [-0.2, 0) is 0 Å². The summed E-state index contributed by atoms with van der Waals surface area (Å²) in [6.07, 6.45) is 1.70. The zero-order valence-corrected chi connectivity index (χ0v) is 7.55. The van der Waals surface area contributed by atoms with Gasteiger partial charge in [0.2, 0.25) is 0 Å². The molecule has 0 radical (unpaired) electrons. The Morgan fingerprint density at radius 1 is 1.55 bits per heavy atom. The van der Waals surface area contributed by atoms with Gasteiger partial charge in [-0.2, -0.15) is 0 Å². The van der Waals surface area contributed by atoms with Gasteiger partial charge in [-0.15, -0.1) is 0 Å². The van der Waals surface area contributed by atoms with Crippen molar-refractivity contribution in [1.82, 2.24) is 15.0 Å². The fraction of sp³-hybridized carbons (Fsp3) is 0. The Hall–Kier alpha value is -0.850. The number of hydrogen-bond donors (Lipinski definition) is 2. The van der Waals surface area contributed by atoms with E-state index >= 15 is 0 Å². The van der Waals surface area contributed by atoms with E-state index in [9.17, 15) is 4.79 Å². The number of H-pyrrole nitrogens is 2. The first-order valence-electron chi connectivity index (χ1n) is 3.00. The maximum Gasteiger partial charge on any atom is 0.260 e. The van der Waals surface area contributed by atoms with Gasteiger partial charge >= 0.3 is 0 Å². The number of halogens is 1. The Morgan fingerprint density at radius 2 is 2.36 bits per heavy atom. The minimum absolute atomic E-state index is 0.0966. The van der Waals surface area contributed by atoms with E-state index in [2.05, 4.69) is 15.0 Å². The lowest BCUT2D eigenvalue weighted by Crippen LogP contribution is -2.08. The maximum atomic E-state index is 11.1. The van der Waals surface area contributed by atoms with Crippen LogP contribution < -0.4 is 5.56 Å². The van der Waals surface area contributed by atoms with Gasteiger partial charge < -0.3 is 9.97 Å². The molecule has 56 valence electrons. The Kier molecular flexibility index (Phi) is 1.45. The fourth-order valence-electron chi connectivity index (χ4n) is 0.923. The van der Waals surface area contributed by atoms with E-state index in [0.29, 0.717) is 14.9 Å². The van der Waals surface area contributed by atoms with E-state index in [0.717, 1.165) is 0 Å². The first-order valence-corrected chi connectivity index (χ1v) is 4.08. The molecule has 4 nitrogen and oxygen atoms in total. The largest absolute Gasteiger partial charge is 0.346 e. The molecule has 0 unspecified atom stereocenters. The highest BCUT2D eigenvalue weighted by Gasteiger charge is 2.00. The molecule has 0 atom stereocenters. The number of hydrogen-bond acceptors (Lipinski definition) is 2. The van der Waals surface area contributed by atoms with Crippen LogP contribution in [0.25, 0.3) is 11.0 Å². The summed E-state index contributed by atoms with van der Waals surface area (Å²) in [5.74, 6) is 0. The molecule has 0 aliphatic heterocycles. The van der Waals surface area contributed by atoms with Crippen LogP contribution in [0.1, 0.15) is 0 Å². The molecule has 0 aliphatic rings. The SMILES string of the molecule is O=c1[nH]c(I)nc2[nH]ccc12. The average Bonchev–Trinajstić information content (AvgIpc) is 2.34. The molecule has 0 spiro atoms. The van der Waals surface area contributed by atoms with E-state index in [-0.39, 0.29) is 5.56 Å². The highest BCUT2D eigenvalue weighted by atomic mass is 127. The highest BCUT2D eigenvalue weighted by molar-refractivity contribution is 14.1. The summed E-state index contributed by atoms with van der Waals surface area (Å²) >= 11 is 1.96. The number of aromatic nitrogens is 3. The first kappa shape index (κ1) is 6.84.